The second-order valence-electron chi connectivity index (χ2n) is 9.23. The average Bonchev–Trinajstić information content (AvgIpc) is 3.09. The van der Waals surface area contributed by atoms with Gasteiger partial charge < -0.3 is 24.9 Å². The smallest absolute Gasteiger partial charge is 0.432 e. The molecule has 0 radical (unpaired) electrons. The van der Waals surface area contributed by atoms with E-state index in [0.29, 0.717) is 37.2 Å². The Hall–Kier alpha value is -3.92. The molecule has 2 aliphatic rings. The molecule has 0 saturated carbocycles. The van der Waals surface area contributed by atoms with Crippen LogP contribution in [0, 0.1) is 0 Å². The third-order valence-corrected chi connectivity index (χ3v) is 6.46. The molecule has 0 aromatic heterocycles. The first-order valence-electron chi connectivity index (χ1n) is 13.0. The highest BCUT2D eigenvalue weighted by Gasteiger charge is 2.32. The third kappa shape index (κ3) is 6.13. The molecule has 1 aliphatic heterocycles. The summed E-state index contributed by atoms with van der Waals surface area (Å²) in [5.74, 6) is -1.18. The van der Waals surface area contributed by atoms with Gasteiger partial charge in [-0.3, -0.25) is 14.4 Å². The fraction of sp³-hybridized carbons (Fsp3) is 0.429. The summed E-state index contributed by atoms with van der Waals surface area (Å²) in [6.45, 7) is 5.21. The van der Waals surface area contributed by atoms with Crippen molar-refractivity contribution in [3.05, 3.63) is 58.7 Å². The van der Waals surface area contributed by atoms with E-state index >= 15 is 0 Å². The number of rotatable bonds is 9. The summed E-state index contributed by atoms with van der Waals surface area (Å²) in [5.41, 5.74) is 4.38. The largest absolute Gasteiger partial charge is 0.533 e. The second-order valence-corrected chi connectivity index (χ2v) is 9.23. The van der Waals surface area contributed by atoms with E-state index in [1.54, 1.807) is 24.3 Å². The summed E-state index contributed by atoms with van der Waals surface area (Å²) >= 11 is 0. The van der Waals surface area contributed by atoms with Gasteiger partial charge in [0.25, 0.3) is 17.7 Å². The molecule has 0 atom stereocenters. The van der Waals surface area contributed by atoms with Crippen LogP contribution in [0.4, 0.5) is 4.79 Å². The summed E-state index contributed by atoms with van der Waals surface area (Å²) < 4.78 is 10.7. The predicted molar refractivity (Wildman–Crippen MR) is 143 cm³/mol. The number of nitrogens with one attached hydrogen (secondary N) is 2. The number of hydrogen-bond acceptors (Lipinski definition) is 7. The highest BCUT2D eigenvalue weighted by molar-refractivity contribution is 5.98. The molecule has 0 spiro atoms. The molecule has 1 saturated heterocycles. The number of amides is 3. The number of carbonyl (C=O) groups is 4. The van der Waals surface area contributed by atoms with Crippen molar-refractivity contribution < 1.29 is 36.3 Å². The minimum Gasteiger partial charge on any atom is -0.432 e. The number of hydroxylamine groups is 2. The molecule has 38 heavy (non-hydrogen) atoms. The van der Waals surface area contributed by atoms with Crippen LogP contribution in [0.3, 0.4) is 0 Å². The number of hydrogen-bond donors (Lipinski definition) is 2. The van der Waals surface area contributed by atoms with Gasteiger partial charge in [0.05, 0.1) is 0 Å². The maximum absolute atomic E-state index is 12.7. The lowest BCUT2D eigenvalue weighted by atomic mass is 9.95. The van der Waals surface area contributed by atoms with E-state index in [4.69, 9.17) is 14.3 Å². The van der Waals surface area contributed by atoms with E-state index in [-0.39, 0.29) is 40.3 Å². The molecule has 0 bridgehead atoms. The molecule has 2 N–H and O–H groups in total. The molecule has 206 valence electrons. The van der Waals surface area contributed by atoms with Crippen LogP contribution in [0.2, 0.25) is 0 Å². The van der Waals surface area contributed by atoms with E-state index in [1.165, 1.54) is 0 Å². The van der Waals surface area contributed by atoms with Crippen LogP contribution < -0.4 is 10.6 Å². The maximum atomic E-state index is 12.7. The van der Waals surface area contributed by atoms with E-state index in [2.05, 4.69) is 10.6 Å². The van der Waals surface area contributed by atoms with E-state index in [0.717, 1.165) is 40.2 Å². The standard InChI is InChI=1S/C28H33N3O7.2H2/c1-3-11-29-26(33)18-7-9-20-21-10-8-19(27(34)30-12-4-2)15-23(21)24(22(20)14-18)16-37-28(35)38-31-17-36-13-5-6-25(31)32;;/h7-10,14-15,24H,3-6,11-13,16-17H2,1-2H3,(H,29,33)(H,30,34);2*1H. The lowest BCUT2D eigenvalue weighted by Gasteiger charge is -2.19. The first kappa shape index (κ1) is 27.1. The summed E-state index contributed by atoms with van der Waals surface area (Å²) in [5, 5.41) is 6.62. The van der Waals surface area contributed by atoms with Crippen LogP contribution in [0.1, 0.15) is 80.1 Å². The minimum atomic E-state index is -1.03. The van der Waals surface area contributed by atoms with Gasteiger partial charge in [0, 0.05) is 46.0 Å². The average molecular weight is 528 g/mol. The van der Waals surface area contributed by atoms with Gasteiger partial charge in [-0.1, -0.05) is 26.0 Å². The van der Waals surface area contributed by atoms with E-state index < -0.39 is 12.1 Å². The number of ether oxygens (including phenoxy) is 2. The van der Waals surface area contributed by atoms with Crippen LogP contribution >= 0.6 is 0 Å². The molecule has 1 heterocycles. The van der Waals surface area contributed by atoms with Gasteiger partial charge in [-0.2, -0.15) is 0 Å². The fourth-order valence-electron chi connectivity index (χ4n) is 4.52. The minimum absolute atomic E-state index is 0. The Labute approximate surface area is 224 Å². The first-order chi connectivity index (χ1) is 18.4. The predicted octanol–water partition coefficient (Wildman–Crippen LogP) is 4.24. The zero-order valence-corrected chi connectivity index (χ0v) is 21.7. The monoisotopic (exact) mass is 527 g/mol. The lowest BCUT2D eigenvalue weighted by molar-refractivity contribution is -0.190. The quantitative estimate of drug-likeness (QED) is 0.468. The molecule has 2 aromatic carbocycles. The van der Waals surface area contributed by atoms with Crippen LogP contribution in [-0.4, -0.2) is 62.0 Å². The van der Waals surface area contributed by atoms with Gasteiger partial charge in [-0.05, 0) is 65.8 Å². The van der Waals surface area contributed by atoms with Crippen LogP contribution in [0.5, 0.6) is 0 Å². The normalized spacial score (nSPS) is 14.8. The Kier molecular flexibility index (Phi) is 8.96. The van der Waals surface area contributed by atoms with Crippen molar-refractivity contribution in [1.29, 1.82) is 0 Å². The number of carbonyl (C=O) groups excluding carboxylic acids is 4. The summed E-state index contributed by atoms with van der Waals surface area (Å²) in [4.78, 5) is 55.1. The molecular formula is C28H37N3O7. The van der Waals surface area contributed by atoms with Gasteiger partial charge >= 0.3 is 6.16 Å². The molecule has 3 amide bonds. The zero-order valence-electron chi connectivity index (χ0n) is 21.7. The molecule has 10 heteroatoms. The van der Waals surface area contributed by atoms with Crippen molar-refractivity contribution in [3.63, 3.8) is 0 Å². The molecule has 4 rings (SSSR count). The van der Waals surface area contributed by atoms with Crippen molar-refractivity contribution >= 4 is 23.9 Å². The van der Waals surface area contributed by atoms with Gasteiger partial charge in [-0.15, -0.1) is 5.06 Å². The summed E-state index contributed by atoms with van der Waals surface area (Å²) in [6, 6.07) is 10.9. The van der Waals surface area contributed by atoms with Crippen LogP contribution in [0.15, 0.2) is 36.4 Å². The Bertz CT molecular complexity index is 1150. The summed E-state index contributed by atoms with van der Waals surface area (Å²) in [6.07, 6.45) is 1.35. The third-order valence-electron chi connectivity index (χ3n) is 6.46. The Balaban J connectivity index is 0.00000280. The van der Waals surface area contributed by atoms with Crippen molar-refractivity contribution in [2.24, 2.45) is 0 Å². The van der Waals surface area contributed by atoms with Crippen LogP contribution in [0.25, 0.3) is 11.1 Å². The molecule has 0 unspecified atom stereocenters. The van der Waals surface area contributed by atoms with Gasteiger partial charge in [0.2, 0.25) is 0 Å². The van der Waals surface area contributed by atoms with Crippen molar-refractivity contribution in [1.82, 2.24) is 15.7 Å². The Morgan fingerprint density at radius 3 is 2.11 bits per heavy atom. The number of fused-ring (bicyclic) bond motifs is 3. The fourth-order valence-corrected chi connectivity index (χ4v) is 4.52. The lowest BCUT2D eigenvalue weighted by Crippen LogP contribution is -2.34. The highest BCUT2D eigenvalue weighted by atomic mass is 16.8. The van der Waals surface area contributed by atoms with Crippen molar-refractivity contribution in [2.75, 3.05) is 33.0 Å². The van der Waals surface area contributed by atoms with Gasteiger partial charge in [-0.25, -0.2) is 4.79 Å². The van der Waals surface area contributed by atoms with E-state index in [1.807, 2.05) is 26.0 Å². The Morgan fingerprint density at radius 2 is 1.55 bits per heavy atom. The second kappa shape index (κ2) is 12.6. The first-order valence-corrected chi connectivity index (χ1v) is 13.0. The molecule has 1 fully saturated rings. The molecule has 10 nitrogen and oxygen atoms in total. The van der Waals surface area contributed by atoms with Crippen molar-refractivity contribution in [2.45, 2.75) is 45.4 Å². The van der Waals surface area contributed by atoms with Gasteiger partial charge in [0.15, 0.2) is 6.73 Å². The van der Waals surface area contributed by atoms with E-state index in [9.17, 15) is 19.2 Å². The van der Waals surface area contributed by atoms with Crippen molar-refractivity contribution in [3.8, 4) is 11.1 Å². The maximum Gasteiger partial charge on any atom is 0.533 e. The SMILES string of the molecule is CCCNC(=O)c1ccc2c(c1)C(COC(=O)ON1COCCCC1=O)c1cc(C(=O)NCCC)ccc1-2.[HH].[HH]. The Morgan fingerprint density at radius 1 is 0.974 bits per heavy atom. The number of nitrogens with zero attached hydrogens (tertiary/aromatic N) is 1. The van der Waals surface area contributed by atoms with Gasteiger partial charge in [0.1, 0.15) is 6.61 Å². The molecular weight excluding hydrogens is 490 g/mol. The molecule has 1 aliphatic carbocycles. The topological polar surface area (TPSA) is 123 Å². The number of benzene rings is 2. The molecule has 2 aromatic rings. The van der Waals surface area contributed by atoms with Crippen LogP contribution in [-0.2, 0) is 19.1 Å². The zero-order chi connectivity index (χ0) is 27.1. The summed E-state index contributed by atoms with van der Waals surface area (Å²) in [7, 11) is 0. The highest BCUT2D eigenvalue weighted by Crippen LogP contribution is 2.45.